The standard InChI is InChI=1S/C28H36N8O8S2/c1-17-11-19(15-29-12-17)25-32-33-26(36(25)22-20(42-6)9-8-10-21(22)43-7)34-46(40,41)28(5,35-45(38)39)23(44-16-27(3,4)37)24-30-13-18(2)14-31-24/h8-15,23,35,37H,16H2,1-7H3,(H,33,34)(H,38,39)/t23-,28-/m1/s1. The van der Waals surface area contributed by atoms with Crippen LogP contribution in [0.5, 0.6) is 11.5 Å². The van der Waals surface area contributed by atoms with Gasteiger partial charge in [-0.3, -0.25) is 14.1 Å². The quantitative estimate of drug-likeness (QED) is 0.142. The lowest BCUT2D eigenvalue weighted by atomic mass is 10.1. The Morgan fingerprint density at radius 2 is 1.63 bits per heavy atom. The lowest BCUT2D eigenvalue weighted by molar-refractivity contribution is -0.0694. The van der Waals surface area contributed by atoms with Crippen LogP contribution in [0.1, 0.15) is 43.8 Å². The first kappa shape index (κ1) is 34.8. The van der Waals surface area contributed by atoms with E-state index in [1.165, 1.54) is 51.2 Å². The van der Waals surface area contributed by atoms with Gasteiger partial charge in [-0.25, -0.2) is 27.3 Å². The first-order valence-corrected chi connectivity index (χ1v) is 16.3. The molecule has 0 aliphatic rings. The predicted molar refractivity (Wildman–Crippen MR) is 169 cm³/mol. The zero-order valence-corrected chi connectivity index (χ0v) is 27.9. The fourth-order valence-corrected chi connectivity index (χ4v) is 6.58. The van der Waals surface area contributed by atoms with Crippen LogP contribution in [0.25, 0.3) is 17.1 Å². The van der Waals surface area contributed by atoms with Gasteiger partial charge in [0, 0.05) is 30.4 Å². The number of hydrogen-bond acceptors (Lipinski definition) is 12. The Morgan fingerprint density at radius 1 is 1.00 bits per heavy atom. The van der Waals surface area contributed by atoms with Gasteiger partial charge in [0.25, 0.3) is 10.0 Å². The number of methoxy groups -OCH3 is 2. The van der Waals surface area contributed by atoms with Crippen molar-refractivity contribution in [3.05, 3.63) is 66.0 Å². The van der Waals surface area contributed by atoms with E-state index in [9.17, 15) is 22.3 Å². The van der Waals surface area contributed by atoms with Crippen molar-refractivity contribution in [3.8, 4) is 28.6 Å². The van der Waals surface area contributed by atoms with Crippen LogP contribution in [-0.2, 0) is 26.0 Å². The summed E-state index contributed by atoms with van der Waals surface area (Å²) in [6.45, 7) is 7.20. The third-order valence-corrected chi connectivity index (χ3v) is 9.25. The van der Waals surface area contributed by atoms with Gasteiger partial charge in [0.15, 0.2) is 22.6 Å². The second-order valence-corrected chi connectivity index (χ2v) is 13.9. The molecule has 46 heavy (non-hydrogen) atoms. The molecule has 3 atom stereocenters. The average molecular weight is 677 g/mol. The Hall–Kier alpha value is -4.07. The van der Waals surface area contributed by atoms with Crippen molar-refractivity contribution in [2.45, 2.75) is 51.2 Å². The van der Waals surface area contributed by atoms with Crippen molar-refractivity contribution >= 4 is 27.2 Å². The summed E-state index contributed by atoms with van der Waals surface area (Å²) in [6.07, 6.45) is 4.41. The van der Waals surface area contributed by atoms with Gasteiger partial charge in [0.2, 0.25) is 17.2 Å². The van der Waals surface area contributed by atoms with Crippen molar-refractivity contribution in [2.75, 3.05) is 25.5 Å². The lowest BCUT2D eigenvalue weighted by Crippen LogP contribution is -2.58. The summed E-state index contributed by atoms with van der Waals surface area (Å²) in [6, 6.07) is 6.75. The Balaban J connectivity index is 1.95. The van der Waals surface area contributed by atoms with E-state index in [0.29, 0.717) is 22.6 Å². The molecule has 0 radical (unpaired) electrons. The molecule has 0 saturated heterocycles. The summed E-state index contributed by atoms with van der Waals surface area (Å²) in [5.74, 6) is 0.285. The molecular weight excluding hydrogens is 640 g/mol. The average Bonchev–Trinajstić information content (AvgIpc) is 3.38. The number of nitrogens with one attached hydrogen (secondary N) is 2. The fraction of sp³-hybridized carbons (Fsp3) is 0.393. The topological polar surface area (TPSA) is 213 Å². The molecule has 0 aliphatic carbocycles. The molecule has 1 aromatic carbocycles. The maximum Gasteiger partial charge on any atom is 0.257 e. The highest BCUT2D eigenvalue weighted by Crippen LogP contribution is 2.39. The van der Waals surface area contributed by atoms with Gasteiger partial charge in [-0.15, -0.1) is 10.2 Å². The summed E-state index contributed by atoms with van der Waals surface area (Å²) in [4.78, 5) is 10.2. The molecule has 0 saturated carbocycles. The second kappa shape index (κ2) is 13.7. The zero-order valence-electron chi connectivity index (χ0n) is 26.2. The van der Waals surface area contributed by atoms with Crippen molar-refractivity contribution in [3.63, 3.8) is 0 Å². The van der Waals surface area contributed by atoms with Crippen LogP contribution in [0.3, 0.4) is 0 Å². The summed E-state index contributed by atoms with van der Waals surface area (Å²) in [7, 11) is -1.99. The SMILES string of the molecule is COc1cccc(OC)c1-n1c(NS(=O)(=O)[C@@](C)(NS(=O)O)[C@H](OCC(C)(C)O)c2ncc(C)cn2)nnc1-c1cncc(C)c1. The molecule has 0 bridgehead atoms. The molecule has 0 amide bonds. The third-order valence-electron chi connectivity index (χ3n) is 6.63. The van der Waals surface area contributed by atoms with Crippen LogP contribution in [0.4, 0.5) is 5.95 Å². The van der Waals surface area contributed by atoms with Gasteiger partial charge in [0.1, 0.15) is 17.2 Å². The molecule has 3 aromatic heterocycles. The highest BCUT2D eigenvalue weighted by Gasteiger charge is 2.52. The number of nitrogens with zero attached hydrogens (tertiary/aromatic N) is 6. The molecule has 0 fully saturated rings. The van der Waals surface area contributed by atoms with Crippen LogP contribution in [-0.4, -0.2) is 83.3 Å². The van der Waals surface area contributed by atoms with Crippen LogP contribution in [0.2, 0.25) is 0 Å². The van der Waals surface area contributed by atoms with Crippen molar-refractivity contribution in [1.29, 1.82) is 0 Å². The summed E-state index contributed by atoms with van der Waals surface area (Å²) in [5, 5.41) is 18.9. The van der Waals surface area contributed by atoms with Gasteiger partial charge < -0.3 is 19.3 Å². The highest BCUT2D eigenvalue weighted by atomic mass is 32.2. The summed E-state index contributed by atoms with van der Waals surface area (Å²) in [5.41, 5.74) is 0.791. The summed E-state index contributed by atoms with van der Waals surface area (Å²) >= 11 is -2.90. The number of para-hydroxylation sites is 1. The maximum absolute atomic E-state index is 14.5. The Bertz CT molecular complexity index is 1790. The van der Waals surface area contributed by atoms with Crippen LogP contribution < -0.4 is 18.9 Å². The van der Waals surface area contributed by atoms with Gasteiger partial charge in [-0.1, -0.05) is 6.07 Å². The number of pyridine rings is 1. The molecule has 248 valence electrons. The molecule has 18 heteroatoms. The first-order chi connectivity index (χ1) is 21.6. The molecule has 0 spiro atoms. The van der Waals surface area contributed by atoms with Crippen LogP contribution in [0.15, 0.2) is 49.1 Å². The number of anilines is 1. The molecule has 4 aromatic rings. The molecule has 16 nitrogen and oxygen atoms in total. The van der Waals surface area contributed by atoms with Gasteiger partial charge in [-0.05, 0) is 63.9 Å². The van der Waals surface area contributed by atoms with E-state index in [0.717, 1.165) is 12.5 Å². The van der Waals surface area contributed by atoms with E-state index in [-0.39, 0.29) is 23.3 Å². The smallest absolute Gasteiger partial charge is 0.257 e. The van der Waals surface area contributed by atoms with Crippen molar-refractivity contribution in [2.24, 2.45) is 0 Å². The molecule has 4 rings (SSSR count). The Labute approximate surface area is 269 Å². The molecular formula is C28H36N8O8S2. The van der Waals surface area contributed by atoms with Crippen molar-refractivity contribution in [1.82, 2.24) is 34.4 Å². The van der Waals surface area contributed by atoms with Gasteiger partial charge >= 0.3 is 0 Å². The monoisotopic (exact) mass is 676 g/mol. The lowest BCUT2D eigenvalue weighted by Gasteiger charge is -2.36. The van der Waals surface area contributed by atoms with E-state index in [2.05, 4.69) is 34.6 Å². The highest BCUT2D eigenvalue weighted by molar-refractivity contribution is 7.94. The van der Waals surface area contributed by atoms with Crippen molar-refractivity contribution < 1.29 is 36.5 Å². The Kier molecular flexibility index (Phi) is 10.4. The number of hydrogen-bond donors (Lipinski definition) is 4. The zero-order chi connectivity index (χ0) is 33.9. The minimum atomic E-state index is -4.86. The van der Waals surface area contributed by atoms with E-state index in [1.807, 2.05) is 6.92 Å². The predicted octanol–water partition coefficient (Wildman–Crippen LogP) is 2.47. The fourth-order valence-electron chi connectivity index (χ4n) is 4.43. The first-order valence-electron chi connectivity index (χ1n) is 13.7. The Morgan fingerprint density at radius 3 is 2.17 bits per heavy atom. The second-order valence-electron chi connectivity index (χ2n) is 11.1. The number of sulfonamides is 1. The number of benzene rings is 1. The number of aliphatic hydroxyl groups is 1. The number of ether oxygens (including phenoxy) is 3. The van der Waals surface area contributed by atoms with Gasteiger partial charge in [0.05, 0.1) is 26.4 Å². The largest absolute Gasteiger partial charge is 0.494 e. The molecule has 4 N–H and O–H groups in total. The molecule has 1 unspecified atom stereocenters. The minimum Gasteiger partial charge on any atom is -0.494 e. The minimum absolute atomic E-state index is 0.139. The maximum atomic E-state index is 14.5. The molecule has 0 aliphatic heterocycles. The van der Waals surface area contributed by atoms with Crippen LogP contribution in [0, 0.1) is 13.8 Å². The third kappa shape index (κ3) is 7.48. The van der Waals surface area contributed by atoms with E-state index in [4.69, 9.17) is 14.2 Å². The normalized spacial score (nSPS) is 14.7. The van der Waals surface area contributed by atoms with E-state index in [1.54, 1.807) is 37.4 Å². The van der Waals surface area contributed by atoms with E-state index < -0.39 is 44.5 Å². The van der Waals surface area contributed by atoms with Gasteiger partial charge in [-0.2, -0.15) is 4.72 Å². The van der Waals surface area contributed by atoms with E-state index >= 15 is 0 Å². The number of aromatic nitrogens is 6. The number of rotatable bonds is 14. The molecule has 3 heterocycles. The summed E-state index contributed by atoms with van der Waals surface area (Å²) < 4.78 is 74.3. The number of aryl methyl sites for hydroxylation is 2. The van der Waals surface area contributed by atoms with Crippen LogP contribution >= 0.6 is 0 Å².